The van der Waals surface area contributed by atoms with Crippen molar-refractivity contribution in [1.82, 2.24) is 0 Å². The second-order valence-electron chi connectivity index (χ2n) is 14.5. The fourth-order valence-corrected chi connectivity index (χ4v) is 8.03. The molecule has 1 aliphatic rings. The summed E-state index contributed by atoms with van der Waals surface area (Å²) in [6.07, 6.45) is 0. The quantitative estimate of drug-likeness (QED) is 0.165. The number of benzene rings is 8. The minimum absolute atomic E-state index is 0.486. The minimum atomic E-state index is 0.486. The van der Waals surface area contributed by atoms with Gasteiger partial charge in [-0.25, -0.2) is 0 Å². The Morgan fingerprint density at radius 3 is 1.22 bits per heavy atom. The molecule has 0 spiro atoms. The molecular weight excluding hydrogens is 615 g/mol. The highest BCUT2D eigenvalue weighted by Crippen LogP contribution is 2.59. The van der Waals surface area contributed by atoms with Gasteiger partial charge in [-0.3, -0.25) is 0 Å². The van der Waals surface area contributed by atoms with E-state index < -0.39 is 0 Å². The topological polar surface area (TPSA) is 3.24 Å². The highest BCUT2D eigenvalue weighted by molar-refractivity contribution is 6.26. The number of anilines is 3. The Bertz CT molecular complexity index is 2490. The first kappa shape index (κ1) is 31.1. The number of hydrogen-bond acceptors (Lipinski definition) is 1. The van der Waals surface area contributed by atoms with E-state index in [-0.39, 0.29) is 0 Å². The van der Waals surface area contributed by atoms with Crippen molar-refractivity contribution >= 4 is 38.6 Å². The third-order valence-corrected chi connectivity index (χ3v) is 10.7. The lowest BCUT2D eigenvalue weighted by Crippen LogP contribution is -2.10. The van der Waals surface area contributed by atoms with Crippen LogP contribution in [0.2, 0.25) is 0 Å². The van der Waals surface area contributed by atoms with Crippen LogP contribution < -0.4 is 4.90 Å². The maximum atomic E-state index is 2.44. The van der Waals surface area contributed by atoms with Gasteiger partial charge in [-0.05, 0) is 138 Å². The predicted molar refractivity (Wildman–Crippen MR) is 220 cm³/mol. The van der Waals surface area contributed by atoms with Crippen LogP contribution >= 0.6 is 0 Å². The van der Waals surface area contributed by atoms with Gasteiger partial charge in [-0.15, -0.1) is 0 Å². The fraction of sp³-hybridized carbons (Fsp3) is 0.120. The van der Waals surface area contributed by atoms with Crippen LogP contribution in [0.15, 0.2) is 164 Å². The largest absolute Gasteiger partial charge is 0.310 e. The van der Waals surface area contributed by atoms with Gasteiger partial charge in [0.2, 0.25) is 0 Å². The first-order valence-corrected chi connectivity index (χ1v) is 18.2. The smallest absolute Gasteiger partial charge is 0.0468 e. The maximum Gasteiger partial charge on any atom is 0.0468 e. The van der Waals surface area contributed by atoms with E-state index in [1.165, 1.54) is 77.2 Å². The second-order valence-corrected chi connectivity index (χ2v) is 14.5. The van der Waals surface area contributed by atoms with Gasteiger partial charge in [-0.2, -0.15) is 0 Å². The summed E-state index contributed by atoms with van der Waals surface area (Å²) in [7, 11) is 0. The van der Waals surface area contributed by atoms with E-state index in [2.05, 4.69) is 196 Å². The molecule has 0 unspecified atom stereocenters. The lowest BCUT2D eigenvalue weighted by Gasteiger charge is -2.33. The first-order chi connectivity index (χ1) is 25.0. The molecule has 8 aromatic carbocycles. The third-order valence-electron chi connectivity index (χ3n) is 10.7. The van der Waals surface area contributed by atoms with E-state index in [9.17, 15) is 0 Å². The molecule has 1 aliphatic carbocycles. The SMILES string of the molecule is CC(C)c1ccc(N(c2ccc(C(C)C)cc2)c2ccc3cc4c(cc3c2)-c2c-4c(-c3ccccc3)c3ccccc3c2-c2ccccc2)cc1. The molecule has 0 heterocycles. The summed E-state index contributed by atoms with van der Waals surface area (Å²) in [5, 5.41) is 5.08. The third kappa shape index (κ3) is 5.24. The Morgan fingerprint density at radius 2 is 0.765 bits per heavy atom. The number of nitrogens with zero attached hydrogens (tertiary/aromatic N) is 1. The molecule has 0 amide bonds. The van der Waals surface area contributed by atoms with Crippen molar-refractivity contribution in [1.29, 1.82) is 0 Å². The van der Waals surface area contributed by atoms with Crippen molar-refractivity contribution in [2.45, 2.75) is 39.5 Å². The molecule has 1 nitrogen and oxygen atoms in total. The van der Waals surface area contributed by atoms with Gasteiger partial charge in [0.1, 0.15) is 0 Å². The monoisotopic (exact) mass is 655 g/mol. The molecule has 9 rings (SSSR count). The van der Waals surface area contributed by atoms with Crippen LogP contribution in [0.5, 0.6) is 0 Å². The molecule has 0 atom stereocenters. The summed E-state index contributed by atoms with van der Waals surface area (Å²) >= 11 is 0. The molecule has 0 saturated carbocycles. The van der Waals surface area contributed by atoms with E-state index in [0.717, 1.165) is 17.1 Å². The zero-order chi connectivity index (χ0) is 34.6. The Kier molecular flexibility index (Phi) is 7.59. The standard InChI is InChI=1S/C50H41N/c1-32(2)34-19-24-40(25-20-34)51(41-26-21-35(22-27-41)33(3)4)42-28-23-38-30-45-46(31-39(38)29-42)50-48(37-15-9-6-10-16-37)44-18-12-11-17-43(44)47(49(45)50)36-13-7-5-8-14-36/h5-33H,1-4H3. The normalized spacial score (nSPS) is 11.9. The van der Waals surface area contributed by atoms with Gasteiger partial charge >= 0.3 is 0 Å². The molecule has 0 fully saturated rings. The van der Waals surface area contributed by atoms with Gasteiger partial charge in [0.25, 0.3) is 0 Å². The van der Waals surface area contributed by atoms with E-state index in [4.69, 9.17) is 0 Å². The van der Waals surface area contributed by atoms with E-state index in [0.29, 0.717) is 11.8 Å². The molecular formula is C50H41N. The Balaban J connectivity index is 1.25. The molecule has 0 bridgehead atoms. The Hall–Kier alpha value is -5.92. The van der Waals surface area contributed by atoms with Crippen molar-refractivity contribution in [3.05, 3.63) is 175 Å². The lowest BCUT2D eigenvalue weighted by molar-refractivity contribution is 0.866. The summed E-state index contributed by atoms with van der Waals surface area (Å²) in [6.45, 7) is 9.01. The molecule has 0 radical (unpaired) electrons. The summed E-state index contributed by atoms with van der Waals surface area (Å²) < 4.78 is 0. The van der Waals surface area contributed by atoms with Crippen LogP contribution in [0.4, 0.5) is 17.1 Å². The van der Waals surface area contributed by atoms with Crippen molar-refractivity contribution in [3.8, 4) is 44.5 Å². The van der Waals surface area contributed by atoms with Crippen molar-refractivity contribution in [3.63, 3.8) is 0 Å². The molecule has 0 aromatic heterocycles. The summed E-state index contributed by atoms with van der Waals surface area (Å²) in [6, 6.07) is 60.8. The predicted octanol–water partition coefficient (Wildman–Crippen LogP) is 14.7. The van der Waals surface area contributed by atoms with Crippen LogP contribution in [-0.4, -0.2) is 0 Å². The average Bonchev–Trinajstić information content (AvgIpc) is 3.17. The van der Waals surface area contributed by atoms with Crippen LogP contribution in [0, 0.1) is 0 Å². The Labute approximate surface area is 301 Å². The highest BCUT2D eigenvalue weighted by Gasteiger charge is 2.32. The molecule has 0 N–H and O–H groups in total. The van der Waals surface area contributed by atoms with Crippen molar-refractivity contribution < 1.29 is 0 Å². The molecule has 8 aromatic rings. The number of hydrogen-bond donors (Lipinski definition) is 0. The van der Waals surface area contributed by atoms with Crippen LogP contribution in [0.25, 0.3) is 66.1 Å². The molecule has 1 heteroatoms. The van der Waals surface area contributed by atoms with Gasteiger partial charge in [0.15, 0.2) is 0 Å². The van der Waals surface area contributed by atoms with Gasteiger partial charge in [-0.1, -0.05) is 143 Å². The van der Waals surface area contributed by atoms with E-state index in [1.54, 1.807) is 0 Å². The summed E-state index contributed by atoms with van der Waals surface area (Å²) in [5.74, 6) is 0.972. The average molecular weight is 656 g/mol. The van der Waals surface area contributed by atoms with Crippen molar-refractivity contribution in [2.24, 2.45) is 0 Å². The molecule has 246 valence electrons. The molecule has 51 heavy (non-hydrogen) atoms. The van der Waals surface area contributed by atoms with Crippen LogP contribution in [0.3, 0.4) is 0 Å². The van der Waals surface area contributed by atoms with Crippen LogP contribution in [-0.2, 0) is 0 Å². The second kappa shape index (κ2) is 12.4. The first-order valence-electron chi connectivity index (χ1n) is 18.2. The van der Waals surface area contributed by atoms with Gasteiger partial charge in [0.05, 0.1) is 0 Å². The maximum absolute atomic E-state index is 2.44. The zero-order valence-corrected chi connectivity index (χ0v) is 29.7. The van der Waals surface area contributed by atoms with E-state index >= 15 is 0 Å². The lowest BCUT2D eigenvalue weighted by atomic mass is 9.70. The zero-order valence-electron chi connectivity index (χ0n) is 29.7. The van der Waals surface area contributed by atoms with E-state index in [1.807, 2.05) is 0 Å². The summed E-state index contributed by atoms with van der Waals surface area (Å²) in [5.41, 5.74) is 16.7. The highest BCUT2D eigenvalue weighted by atomic mass is 15.1. The van der Waals surface area contributed by atoms with Crippen molar-refractivity contribution in [2.75, 3.05) is 4.90 Å². The number of rotatable bonds is 7. The van der Waals surface area contributed by atoms with Gasteiger partial charge < -0.3 is 4.90 Å². The minimum Gasteiger partial charge on any atom is -0.310 e. The van der Waals surface area contributed by atoms with Gasteiger partial charge in [0, 0.05) is 17.1 Å². The number of fused-ring (bicyclic) bond motifs is 6. The summed E-state index contributed by atoms with van der Waals surface area (Å²) in [4.78, 5) is 2.40. The molecule has 0 saturated heterocycles. The fourth-order valence-electron chi connectivity index (χ4n) is 8.03. The molecule has 0 aliphatic heterocycles. The Morgan fingerprint density at radius 1 is 0.353 bits per heavy atom. The van der Waals surface area contributed by atoms with Crippen LogP contribution in [0.1, 0.15) is 50.7 Å².